The van der Waals surface area contributed by atoms with Gasteiger partial charge < -0.3 is 15.5 Å². The van der Waals surface area contributed by atoms with E-state index in [2.05, 4.69) is 38.2 Å². The van der Waals surface area contributed by atoms with Crippen LogP contribution in [0.25, 0.3) is 0 Å². The maximum atomic E-state index is 13.9. The number of rotatable bonds is 28. The first kappa shape index (κ1) is 56.6. The van der Waals surface area contributed by atoms with E-state index in [4.69, 9.17) is 10.2 Å². The van der Waals surface area contributed by atoms with Crippen molar-refractivity contribution in [1.29, 1.82) is 0 Å². The van der Waals surface area contributed by atoms with E-state index in [-0.39, 0.29) is 16.2 Å². The van der Waals surface area contributed by atoms with E-state index >= 15 is 0 Å². The molecule has 0 saturated heterocycles. The van der Waals surface area contributed by atoms with Gasteiger partial charge >= 0.3 is 11.9 Å². The van der Waals surface area contributed by atoms with Gasteiger partial charge in [-0.15, -0.1) is 0 Å². The van der Waals surface area contributed by atoms with E-state index in [9.17, 15) is 30.8 Å². The Hall–Kier alpha value is -6.31. The number of anilines is 2. The van der Waals surface area contributed by atoms with Gasteiger partial charge in [-0.1, -0.05) is 145 Å². The second-order valence-electron chi connectivity index (χ2n) is 18.5. The van der Waals surface area contributed by atoms with Crippen LogP contribution in [0.5, 0.6) is 0 Å². The Bertz CT molecular complexity index is 2850. The summed E-state index contributed by atoms with van der Waals surface area (Å²) in [5, 5.41) is 21.7. The lowest BCUT2D eigenvalue weighted by atomic mass is 10.0. The monoisotopic (exact) mass is 1020 g/mol. The van der Waals surface area contributed by atoms with Crippen LogP contribution in [0, 0.1) is 5.82 Å². The molecule has 0 bridgehead atoms. The smallest absolute Gasteiger partial charge is 0.335 e. The molecule has 6 rings (SSSR count). The second kappa shape index (κ2) is 28.7. The van der Waals surface area contributed by atoms with E-state index in [1.807, 2.05) is 72.8 Å². The van der Waals surface area contributed by atoms with Crippen molar-refractivity contribution in [2.45, 2.75) is 126 Å². The molecule has 384 valence electrons. The first-order chi connectivity index (χ1) is 34.6. The first-order valence-electron chi connectivity index (χ1n) is 25.2. The van der Waals surface area contributed by atoms with Crippen LogP contribution in [-0.4, -0.2) is 57.8 Å². The molecule has 0 heterocycles. The van der Waals surface area contributed by atoms with Crippen LogP contribution in [-0.2, 0) is 45.5 Å². The third kappa shape index (κ3) is 17.8. The predicted molar refractivity (Wildman–Crippen MR) is 288 cm³/mol. The first-order valence-corrected chi connectivity index (χ1v) is 28.3. The number of carboxylic acid groups (broad SMARTS) is 2. The molecule has 0 aliphatic carbocycles. The Morgan fingerprint density at radius 2 is 1.11 bits per heavy atom. The van der Waals surface area contributed by atoms with Crippen molar-refractivity contribution in [3.8, 4) is 0 Å². The fourth-order valence-electron chi connectivity index (χ4n) is 8.39. The summed E-state index contributed by atoms with van der Waals surface area (Å²) in [5.74, 6) is -2.02. The molecule has 0 unspecified atom stereocenters. The van der Waals surface area contributed by atoms with Gasteiger partial charge in [0.15, 0.2) is 9.84 Å². The van der Waals surface area contributed by atoms with Gasteiger partial charge in [-0.25, -0.2) is 30.8 Å². The number of halogens is 1. The van der Waals surface area contributed by atoms with Crippen LogP contribution >= 0.6 is 0 Å². The molecular weight excluding hydrogens is 948 g/mol. The molecule has 6 aromatic rings. The number of sulfone groups is 1. The summed E-state index contributed by atoms with van der Waals surface area (Å²) in [6.07, 6.45) is 12.5. The summed E-state index contributed by atoms with van der Waals surface area (Å²) in [4.78, 5) is 22.5. The number of carbonyl (C=O) groups is 2. The number of unbranched alkanes of at least 4 members (excludes halogenated alkanes) is 8. The Morgan fingerprint density at radius 3 is 1.71 bits per heavy atom. The zero-order valence-corrected chi connectivity index (χ0v) is 43.6. The molecule has 3 N–H and O–H groups in total. The number of hydrogen-bond acceptors (Lipinski definition) is 7. The van der Waals surface area contributed by atoms with Gasteiger partial charge in [0.05, 0.1) is 32.4 Å². The van der Waals surface area contributed by atoms with Crippen molar-refractivity contribution >= 4 is 43.2 Å². The maximum Gasteiger partial charge on any atom is 0.335 e. The van der Waals surface area contributed by atoms with E-state index in [0.29, 0.717) is 47.9 Å². The van der Waals surface area contributed by atoms with Gasteiger partial charge in [0.2, 0.25) is 0 Å². The lowest BCUT2D eigenvalue weighted by Crippen LogP contribution is -2.33. The van der Waals surface area contributed by atoms with Crippen molar-refractivity contribution < 1.29 is 41.0 Å². The van der Waals surface area contributed by atoms with Crippen molar-refractivity contribution in [3.05, 3.63) is 190 Å². The molecule has 0 aliphatic rings. The van der Waals surface area contributed by atoms with Crippen molar-refractivity contribution in [1.82, 2.24) is 0 Å². The van der Waals surface area contributed by atoms with Gasteiger partial charge in [0, 0.05) is 18.8 Å². The SMILES string of the molecule is CCCCCCCN(c1ccccc1CCc1ccc(C(=O)O)cc1)S(=O)(=O)c1ccc(C(C)C)cc1.O=C(O)c1ccc(CCc2ccccc2NCCCCCCCS(=O)(=O)c2cccc(F)c2)cc1. The molecule has 0 aliphatic heterocycles. The number of carboxylic acids is 2. The number of para-hydroxylation sites is 2. The molecule has 10 nitrogen and oxygen atoms in total. The summed E-state index contributed by atoms with van der Waals surface area (Å²) in [7, 11) is -7.17. The summed E-state index contributed by atoms with van der Waals surface area (Å²) >= 11 is 0. The largest absolute Gasteiger partial charge is 0.478 e. The molecule has 13 heteroatoms. The van der Waals surface area contributed by atoms with Crippen molar-refractivity contribution in [2.24, 2.45) is 0 Å². The molecule has 0 amide bonds. The number of benzene rings is 6. The molecule has 0 saturated carbocycles. The molecule has 72 heavy (non-hydrogen) atoms. The minimum atomic E-state index is -3.74. The highest BCUT2D eigenvalue weighted by Crippen LogP contribution is 2.30. The lowest BCUT2D eigenvalue weighted by Gasteiger charge is -2.27. The van der Waals surface area contributed by atoms with Gasteiger partial charge in [-0.05, 0) is 145 Å². The number of nitrogens with zero attached hydrogens (tertiary/aromatic N) is 1. The van der Waals surface area contributed by atoms with E-state index in [0.717, 1.165) is 111 Å². The highest BCUT2D eigenvalue weighted by atomic mass is 32.2. The van der Waals surface area contributed by atoms with Gasteiger partial charge in [0.1, 0.15) is 5.82 Å². The van der Waals surface area contributed by atoms with E-state index < -0.39 is 37.6 Å². The van der Waals surface area contributed by atoms with Crippen LogP contribution in [0.1, 0.15) is 139 Å². The van der Waals surface area contributed by atoms with E-state index in [1.165, 1.54) is 23.8 Å². The van der Waals surface area contributed by atoms with Crippen LogP contribution in [0.2, 0.25) is 0 Å². The predicted octanol–water partition coefficient (Wildman–Crippen LogP) is 13.6. The minimum Gasteiger partial charge on any atom is -0.478 e. The summed E-state index contributed by atoms with van der Waals surface area (Å²) < 4.78 is 67.3. The number of nitrogens with one attached hydrogen (secondary N) is 1. The molecule has 0 spiro atoms. The third-order valence-corrected chi connectivity index (χ3v) is 16.3. The molecule has 0 aromatic heterocycles. The molecule has 0 radical (unpaired) electrons. The Kier molecular flexibility index (Phi) is 22.5. The van der Waals surface area contributed by atoms with Gasteiger partial charge in [-0.2, -0.15) is 0 Å². The zero-order valence-electron chi connectivity index (χ0n) is 41.9. The highest BCUT2D eigenvalue weighted by molar-refractivity contribution is 7.92. The lowest BCUT2D eigenvalue weighted by molar-refractivity contribution is 0.0686. The van der Waals surface area contributed by atoms with Crippen LogP contribution in [0.3, 0.4) is 0 Å². The number of aromatic carboxylic acids is 2. The van der Waals surface area contributed by atoms with Crippen LogP contribution < -0.4 is 9.62 Å². The number of aryl methyl sites for hydroxylation is 4. The van der Waals surface area contributed by atoms with Crippen molar-refractivity contribution in [2.75, 3.05) is 28.5 Å². The van der Waals surface area contributed by atoms with Crippen LogP contribution in [0.15, 0.2) is 155 Å². The molecule has 0 atom stereocenters. The standard InChI is InChI=1S/C31H39NO4S.C28H32FNO4S/c1-4-5-6-7-10-23-32(37(35,36)29-21-19-26(20-22-29)24(2)3)30-12-9-8-11-27(30)16-13-25-14-17-28(18-15-25)31(33)34;29-25-10-8-11-26(21-25)35(33,34)20-7-3-1-2-6-19-30-27-12-5-4-9-23(27)16-13-22-14-17-24(18-15-22)28(31)32/h8-9,11-12,14-15,17-22,24H,4-7,10,13,16,23H2,1-3H3,(H,33,34);4-5,8-12,14-15,17-18,21,30H,1-3,6-7,13,16,19-20H2,(H,31,32). The summed E-state index contributed by atoms with van der Waals surface area (Å²) in [6, 6.07) is 42.2. The Morgan fingerprint density at radius 1 is 0.569 bits per heavy atom. The molecule has 6 aromatic carbocycles. The van der Waals surface area contributed by atoms with Crippen molar-refractivity contribution in [3.63, 3.8) is 0 Å². The highest BCUT2D eigenvalue weighted by Gasteiger charge is 2.27. The average Bonchev–Trinajstić information content (AvgIpc) is 3.37. The molecule has 0 fully saturated rings. The normalized spacial score (nSPS) is 11.5. The summed E-state index contributed by atoms with van der Waals surface area (Å²) in [6.45, 7) is 7.63. The summed E-state index contributed by atoms with van der Waals surface area (Å²) in [5.41, 5.74) is 7.78. The van der Waals surface area contributed by atoms with E-state index in [1.54, 1.807) is 40.7 Å². The fourth-order valence-corrected chi connectivity index (χ4v) is 11.3. The minimum absolute atomic E-state index is 0.0428. The second-order valence-corrected chi connectivity index (χ2v) is 22.4. The van der Waals surface area contributed by atoms with Crippen LogP contribution in [0.4, 0.5) is 15.8 Å². The Labute approximate surface area is 427 Å². The quantitative estimate of drug-likeness (QED) is 0.0407. The number of hydrogen-bond donors (Lipinski definition) is 3. The maximum absolute atomic E-state index is 13.9. The topological polar surface area (TPSA) is 158 Å². The zero-order chi connectivity index (χ0) is 51.9. The number of sulfonamides is 1. The van der Waals surface area contributed by atoms with Gasteiger partial charge in [0.25, 0.3) is 10.0 Å². The molecular formula is C59H71FN2O8S2. The average molecular weight is 1020 g/mol. The third-order valence-electron chi connectivity index (χ3n) is 12.7. The Balaban J connectivity index is 0.000000268. The van der Waals surface area contributed by atoms with Gasteiger partial charge in [-0.3, -0.25) is 4.31 Å². The fraction of sp³-hybridized carbons (Fsp3) is 0.356.